The highest BCUT2D eigenvalue weighted by atomic mass is 19.1. The van der Waals surface area contributed by atoms with Crippen molar-refractivity contribution in [2.75, 3.05) is 5.73 Å². The van der Waals surface area contributed by atoms with Crippen LogP contribution in [0.3, 0.4) is 0 Å². The van der Waals surface area contributed by atoms with Gasteiger partial charge in [0.25, 0.3) is 0 Å². The van der Waals surface area contributed by atoms with Crippen molar-refractivity contribution in [3.8, 4) is 0 Å². The summed E-state index contributed by atoms with van der Waals surface area (Å²) in [7, 11) is 0. The second kappa shape index (κ2) is 4.81. The van der Waals surface area contributed by atoms with E-state index in [1.54, 1.807) is 48.5 Å². The Labute approximate surface area is 114 Å². The number of nitrogen functional groups attached to an aromatic ring is 1. The molecule has 1 atom stereocenters. The molecule has 1 aromatic heterocycles. The van der Waals surface area contributed by atoms with Gasteiger partial charge >= 0.3 is 5.63 Å². The van der Waals surface area contributed by atoms with Crippen LogP contribution in [0.15, 0.2) is 63.8 Å². The Morgan fingerprint density at radius 1 is 1.05 bits per heavy atom. The van der Waals surface area contributed by atoms with E-state index in [2.05, 4.69) is 0 Å². The summed E-state index contributed by atoms with van der Waals surface area (Å²) in [6.07, 6.45) is -1.52. The van der Waals surface area contributed by atoms with Crippen LogP contribution in [0.25, 0.3) is 11.0 Å². The van der Waals surface area contributed by atoms with E-state index in [0.717, 1.165) is 0 Å². The number of hydrogen-bond donors (Lipinski definition) is 1. The van der Waals surface area contributed by atoms with Gasteiger partial charge in [0.15, 0.2) is 11.8 Å². The van der Waals surface area contributed by atoms with Crippen LogP contribution in [0, 0.1) is 0 Å². The van der Waals surface area contributed by atoms with E-state index in [9.17, 15) is 9.18 Å². The topological polar surface area (TPSA) is 56.2 Å². The van der Waals surface area contributed by atoms with Gasteiger partial charge in [-0.2, -0.15) is 0 Å². The van der Waals surface area contributed by atoms with Crippen LogP contribution in [-0.2, 0) is 0 Å². The van der Waals surface area contributed by atoms with Crippen LogP contribution < -0.4 is 11.4 Å². The average Bonchev–Trinajstić information content (AvgIpc) is 2.48. The Morgan fingerprint density at radius 2 is 1.80 bits per heavy atom. The number of anilines is 1. The number of alkyl halides is 1. The smallest absolute Gasteiger partial charge is 0.342 e. The van der Waals surface area contributed by atoms with Gasteiger partial charge in [-0.3, -0.25) is 0 Å². The molecular weight excluding hydrogens is 257 g/mol. The fourth-order valence-corrected chi connectivity index (χ4v) is 2.16. The lowest BCUT2D eigenvalue weighted by atomic mass is 10.0. The first kappa shape index (κ1) is 12.4. The van der Waals surface area contributed by atoms with Gasteiger partial charge in [-0.15, -0.1) is 0 Å². The van der Waals surface area contributed by atoms with Gasteiger partial charge in [0.1, 0.15) is 0 Å². The van der Waals surface area contributed by atoms with Gasteiger partial charge in [0, 0.05) is 5.39 Å². The van der Waals surface area contributed by atoms with Crippen molar-refractivity contribution in [2.45, 2.75) is 6.17 Å². The molecule has 20 heavy (non-hydrogen) atoms. The lowest BCUT2D eigenvalue weighted by Crippen LogP contribution is -2.11. The maximum atomic E-state index is 14.5. The maximum Gasteiger partial charge on any atom is 0.342 e. The molecule has 3 aromatic rings. The minimum atomic E-state index is -1.52. The van der Waals surface area contributed by atoms with Crippen molar-refractivity contribution in [2.24, 2.45) is 0 Å². The first-order chi connectivity index (χ1) is 9.66. The van der Waals surface area contributed by atoms with Gasteiger partial charge in [-0.1, -0.05) is 42.5 Å². The molecule has 100 valence electrons. The summed E-state index contributed by atoms with van der Waals surface area (Å²) in [5, 5.41) is 0.609. The fraction of sp³-hybridized carbons (Fsp3) is 0.0625. The lowest BCUT2D eigenvalue weighted by Gasteiger charge is -2.09. The summed E-state index contributed by atoms with van der Waals surface area (Å²) in [6.45, 7) is 0. The molecule has 4 heteroatoms. The molecule has 0 aliphatic carbocycles. The third kappa shape index (κ3) is 2.05. The van der Waals surface area contributed by atoms with Crippen molar-refractivity contribution in [1.29, 1.82) is 0 Å². The van der Waals surface area contributed by atoms with E-state index in [-0.39, 0.29) is 5.56 Å². The first-order valence-corrected chi connectivity index (χ1v) is 6.18. The van der Waals surface area contributed by atoms with E-state index in [1.807, 2.05) is 0 Å². The molecule has 0 saturated carbocycles. The third-order valence-corrected chi connectivity index (χ3v) is 3.18. The summed E-state index contributed by atoms with van der Waals surface area (Å²) in [4.78, 5) is 11.9. The zero-order valence-corrected chi connectivity index (χ0v) is 10.5. The van der Waals surface area contributed by atoms with Gasteiger partial charge in [0.2, 0.25) is 0 Å². The van der Waals surface area contributed by atoms with Crippen LogP contribution >= 0.6 is 0 Å². The fourth-order valence-electron chi connectivity index (χ4n) is 2.16. The van der Waals surface area contributed by atoms with E-state index in [1.165, 1.54) is 6.07 Å². The number of para-hydroxylation sites is 1. The molecule has 0 fully saturated rings. The normalized spacial score (nSPS) is 12.4. The summed E-state index contributed by atoms with van der Waals surface area (Å²) < 4.78 is 19.6. The van der Waals surface area contributed by atoms with E-state index >= 15 is 0 Å². The van der Waals surface area contributed by atoms with Crippen molar-refractivity contribution in [3.63, 3.8) is 0 Å². The predicted octanol–water partition coefficient (Wildman–Crippen LogP) is 3.43. The monoisotopic (exact) mass is 269 g/mol. The highest BCUT2D eigenvalue weighted by Crippen LogP contribution is 2.27. The Balaban J connectivity index is 2.17. The molecule has 1 unspecified atom stereocenters. The van der Waals surface area contributed by atoms with E-state index in [0.29, 0.717) is 22.2 Å². The second-order valence-corrected chi connectivity index (χ2v) is 4.53. The van der Waals surface area contributed by atoms with E-state index < -0.39 is 11.8 Å². The van der Waals surface area contributed by atoms with Crippen LogP contribution in [0.5, 0.6) is 0 Å². The molecule has 0 spiro atoms. The molecular formula is C16H12FNO2. The standard InChI is InChI=1S/C16H12FNO2/c17-14(10-5-2-1-3-6-10)12-9-11-7-4-8-13(18)15(11)20-16(12)19/h1-9,14H,18H2. The van der Waals surface area contributed by atoms with Gasteiger partial charge < -0.3 is 10.2 Å². The largest absolute Gasteiger partial charge is 0.420 e. The zero-order chi connectivity index (χ0) is 14.1. The Bertz CT molecular complexity index is 812. The Morgan fingerprint density at radius 3 is 2.55 bits per heavy atom. The van der Waals surface area contributed by atoms with Gasteiger partial charge in [-0.05, 0) is 17.7 Å². The zero-order valence-electron chi connectivity index (χ0n) is 10.5. The Hall–Kier alpha value is -2.62. The van der Waals surface area contributed by atoms with Gasteiger partial charge in [0.05, 0.1) is 11.3 Å². The van der Waals surface area contributed by atoms with Crippen molar-refractivity contribution in [3.05, 3.63) is 76.1 Å². The number of nitrogens with two attached hydrogens (primary N) is 1. The molecule has 3 rings (SSSR count). The maximum absolute atomic E-state index is 14.5. The number of hydrogen-bond acceptors (Lipinski definition) is 3. The number of benzene rings is 2. The minimum Gasteiger partial charge on any atom is -0.420 e. The molecule has 0 amide bonds. The lowest BCUT2D eigenvalue weighted by molar-refractivity contribution is 0.387. The van der Waals surface area contributed by atoms with Crippen molar-refractivity contribution >= 4 is 16.7 Å². The number of rotatable bonds is 2. The molecule has 0 bridgehead atoms. The highest BCUT2D eigenvalue weighted by Gasteiger charge is 2.18. The molecule has 0 radical (unpaired) electrons. The van der Waals surface area contributed by atoms with Crippen LogP contribution in [0.1, 0.15) is 17.3 Å². The highest BCUT2D eigenvalue weighted by molar-refractivity contribution is 5.87. The summed E-state index contributed by atoms with van der Waals surface area (Å²) in [5.41, 5.74) is 6.09. The van der Waals surface area contributed by atoms with Crippen LogP contribution in [-0.4, -0.2) is 0 Å². The summed E-state index contributed by atoms with van der Waals surface area (Å²) in [6, 6.07) is 15.1. The van der Waals surface area contributed by atoms with Crippen LogP contribution in [0.4, 0.5) is 10.1 Å². The van der Waals surface area contributed by atoms with Crippen LogP contribution in [0.2, 0.25) is 0 Å². The van der Waals surface area contributed by atoms with Crippen molar-refractivity contribution < 1.29 is 8.81 Å². The second-order valence-electron chi connectivity index (χ2n) is 4.53. The Kier molecular flexibility index (Phi) is 2.99. The summed E-state index contributed by atoms with van der Waals surface area (Å²) in [5.74, 6) is 0. The summed E-state index contributed by atoms with van der Waals surface area (Å²) >= 11 is 0. The SMILES string of the molecule is Nc1cccc2cc(C(F)c3ccccc3)c(=O)oc12. The average molecular weight is 269 g/mol. The molecule has 0 aliphatic heterocycles. The molecule has 2 N–H and O–H groups in total. The predicted molar refractivity (Wildman–Crippen MR) is 76.3 cm³/mol. The molecule has 2 aromatic carbocycles. The molecule has 0 saturated heterocycles. The quantitative estimate of drug-likeness (QED) is 0.572. The van der Waals surface area contributed by atoms with E-state index in [4.69, 9.17) is 10.2 Å². The van der Waals surface area contributed by atoms with Crippen molar-refractivity contribution in [1.82, 2.24) is 0 Å². The number of halogens is 1. The molecule has 0 aliphatic rings. The molecule has 1 heterocycles. The number of fused-ring (bicyclic) bond motifs is 1. The third-order valence-electron chi connectivity index (χ3n) is 3.18. The molecule has 3 nitrogen and oxygen atoms in total. The first-order valence-electron chi connectivity index (χ1n) is 6.18. The minimum absolute atomic E-state index is 0.0192. The van der Waals surface area contributed by atoms with Gasteiger partial charge in [-0.25, -0.2) is 9.18 Å².